The summed E-state index contributed by atoms with van der Waals surface area (Å²) in [6, 6.07) is 0.617. The first-order valence-electron chi connectivity index (χ1n) is 6.19. The van der Waals surface area contributed by atoms with Crippen LogP contribution < -0.4 is 5.73 Å². The van der Waals surface area contributed by atoms with Crippen molar-refractivity contribution in [1.82, 2.24) is 9.80 Å². The Hall–Kier alpha value is -0.120. The molecule has 90 valence electrons. The van der Waals surface area contributed by atoms with Gasteiger partial charge in [0.1, 0.15) is 0 Å². The van der Waals surface area contributed by atoms with Crippen LogP contribution >= 0.6 is 0 Å². The van der Waals surface area contributed by atoms with Gasteiger partial charge in [0, 0.05) is 31.2 Å². The first-order chi connectivity index (χ1) is 7.03. The van der Waals surface area contributed by atoms with Crippen molar-refractivity contribution in [2.75, 3.05) is 33.2 Å². The van der Waals surface area contributed by atoms with Crippen molar-refractivity contribution >= 4 is 0 Å². The van der Waals surface area contributed by atoms with E-state index in [9.17, 15) is 0 Å². The lowest BCUT2D eigenvalue weighted by molar-refractivity contribution is 0.0672. The van der Waals surface area contributed by atoms with Crippen LogP contribution in [0.4, 0.5) is 0 Å². The minimum absolute atomic E-state index is 0.185. The third kappa shape index (κ3) is 2.92. The van der Waals surface area contributed by atoms with Gasteiger partial charge in [-0.2, -0.15) is 0 Å². The minimum atomic E-state index is 0.185. The summed E-state index contributed by atoms with van der Waals surface area (Å²) < 4.78 is 0. The summed E-state index contributed by atoms with van der Waals surface area (Å²) >= 11 is 0. The van der Waals surface area contributed by atoms with Crippen LogP contribution in [0.1, 0.15) is 33.6 Å². The number of nitrogens with two attached hydrogens (primary N) is 1. The van der Waals surface area contributed by atoms with E-state index in [-0.39, 0.29) is 5.54 Å². The summed E-state index contributed by atoms with van der Waals surface area (Å²) in [5, 5.41) is 0. The lowest BCUT2D eigenvalue weighted by atomic mass is 9.94. The Morgan fingerprint density at radius 3 is 2.60 bits per heavy atom. The summed E-state index contributed by atoms with van der Waals surface area (Å²) in [4.78, 5) is 5.04. The second-order valence-electron chi connectivity index (χ2n) is 5.21. The van der Waals surface area contributed by atoms with E-state index >= 15 is 0 Å². The average molecular weight is 213 g/mol. The van der Waals surface area contributed by atoms with Crippen molar-refractivity contribution in [1.29, 1.82) is 0 Å². The summed E-state index contributed by atoms with van der Waals surface area (Å²) in [5.74, 6) is 0. The van der Waals surface area contributed by atoms with E-state index in [2.05, 4.69) is 37.6 Å². The molecule has 15 heavy (non-hydrogen) atoms. The van der Waals surface area contributed by atoms with Crippen LogP contribution in [0.25, 0.3) is 0 Å². The Morgan fingerprint density at radius 2 is 2.07 bits per heavy atom. The highest BCUT2D eigenvalue weighted by molar-refractivity contribution is 4.91. The predicted molar refractivity (Wildman–Crippen MR) is 66.0 cm³/mol. The Morgan fingerprint density at radius 1 is 1.40 bits per heavy atom. The molecule has 2 unspecified atom stereocenters. The number of hydrogen-bond donors (Lipinski definition) is 1. The molecule has 0 aromatic rings. The molecule has 0 aliphatic carbocycles. The molecule has 0 radical (unpaired) electrons. The fraction of sp³-hybridized carbons (Fsp3) is 1.00. The third-order valence-electron chi connectivity index (χ3n) is 3.94. The van der Waals surface area contributed by atoms with E-state index in [1.165, 1.54) is 19.5 Å². The van der Waals surface area contributed by atoms with Crippen molar-refractivity contribution in [3.8, 4) is 0 Å². The van der Waals surface area contributed by atoms with Crippen LogP contribution in [-0.4, -0.2) is 54.6 Å². The topological polar surface area (TPSA) is 32.5 Å². The zero-order valence-corrected chi connectivity index (χ0v) is 10.8. The van der Waals surface area contributed by atoms with Crippen LogP contribution in [0.15, 0.2) is 0 Å². The molecule has 1 rings (SSSR count). The van der Waals surface area contributed by atoms with E-state index in [0.29, 0.717) is 6.04 Å². The average Bonchev–Trinajstić information content (AvgIpc) is 2.38. The second-order valence-corrected chi connectivity index (χ2v) is 5.21. The van der Waals surface area contributed by atoms with E-state index in [1.807, 2.05) is 0 Å². The highest BCUT2D eigenvalue weighted by Crippen LogP contribution is 2.23. The van der Waals surface area contributed by atoms with Crippen LogP contribution in [0.5, 0.6) is 0 Å². The van der Waals surface area contributed by atoms with Gasteiger partial charge in [0.2, 0.25) is 0 Å². The maximum absolute atomic E-state index is 5.94. The minimum Gasteiger partial charge on any atom is -0.329 e. The van der Waals surface area contributed by atoms with Gasteiger partial charge in [-0.15, -0.1) is 0 Å². The Labute approximate surface area is 94.6 Å². The van der Waals surface area contributed by atoms with Crippen molar-refractivity contribution in [2.45, 2.75) is 45.2 Å². The van der Waals surface area contributed by atoms with Gasteiger partial charge >= 0.3 is 0 Å². The van der Waals surface area contributed by atoms with Crippen molar-refractivity contribution in [3.05, 3.63) is 0 Å². The Balaban J connectivity index is 2.74. The lowest BCUT2D eigenvalue weighted by Crippen LogP contribution is -2.56. The number of likely N-dealkylation sites (N-methyl/N-ethyl adjacent to an activating group) is 1. The molecule has 0 aromatic carbocycles. The Bertz CT molecular complexity index is 189. The highest BCUT2D eigenvalue weighted by atomic mass is 15.3. The molecule has 3 heteroatoms. The third-order valence-corrected chi connectivity index (χ3v) is 3.94. The fourth-order valence-corrected chi connectivity index (χ4v) is 2.64. The number of rotatable bonds is 3. The van der Waals surface area contributed by atoms with Gasteiger partial charge in [-0.05, 0) is 40.3 Å². The molecule has 0 spiro atoms. The molecule has 0 aromatic heterocycles. The molecule has 0 saturated carbocycles. The summed E-state index contributed by atoms with van der Waals surface area (Å²) in [6.07, 6.45) is 2.40. The molecule has 2 N–H and O–H groups in total. The van der Waals surface area contributed by atoms with Gasteiger partial charge in [0.25, 0.3) is 0 Å². The first kappa shape index (κ1) is 12.9. The molecule has 1 aliphatic rings. The maximum Gasteiger partial charge on any atom is 0.0304 e. The predicted octanol–water partition coefficient (Wildman–Crippen LogP) is 1.14. The molecule has 2 atom stereocenters. The fourth-order valence-electron chi connectivity index (χ4n) is 2.64. The van der Waals surface area contributed by atoms with Crippen LogP contribution in [0.3, 0.4) is 0 Å². The molecular weight excluding hydrogens is 186 g/mol. The quantitative estimate of drug-likeness (QED) is 0.763. The molecule has 1 aliphatic heterocycles. The zero-order valence-electron chi connectivity index (χ0n) is 10.8. The smallest absolute Gasteiger partial charge is 0.0304 e. The van der Waals surface area contributed by atoms with Crippen LogP contribution in [0, 0.1) is 0 Å². The van der Waals surface area contributed by atoms with Crippen LogP contribution in [-0.2, 0) is 0 Å². The molecule has 0 amide bonds. The van der Waals surface area contributed by atoms with E-state index in [1.54, 1.807) is 0 Å². The van der Waals surface area contributed by atoms with Crippen molar-refractivity contribution in [3.63, 3.8) is 0 Å². The van der Waals surface area contributed by atoms with E-state index in [4.69, 9.17) is 5.73 Å². The van der Waals surface area contributed by atoms with Crippen molar-refractivity contribution < 1.29 is 0 Å². The van der Waals surface area contributed by atoms with Gasteiger partial charge in [0.15, 0.2) is 0 Å². The van der Waals surface area contributed by atoms with Gasteiger partial charge in [-0.3, -0.25) is 4.90 Å². The normalized spacial score (nSPS) is 29.8. The van der Waals surface area contributed by atoms with Gasteiger partial charge < -0.3 is 10.6 Å². The molecule has 1 saturated heterocycles. The molecule has 3 nitrogen and oxygen atoms in total. The summed E-state index contributed by atoms with van der Waals surface area (Å²) in [7, 11) is 2.21. The first-order valence-corrected chi connectivity index (χ1v) is 6.19. The SMILES string of the molecule is CCC(C)(CN)N1CCCN(C)CC1C. The maximum atomic E-state index is 5.94. The molecule has 1 fully saturated rings. The summed E-state index contributed by atoms with van der Waals surface area (Å²) in [5.41, 5.74) is 6.13. The second kappa shape index (κ2) is 5.28. The lowest BCUT2D eigenvalue weighted by Gasteiger charge is -2.43. The van der Waals surface area contributed by atoms with E-state index in [0.717, 1.165) is 19.5 Å². The summed E-state index contributed by atoms with van der Waals surface area (Å²) in [6.45, 7) is 11.2. The number of hydrogen-bond acceptors (Lipinski definition) is 3. The van der Waals surface area contributed by atoms with Gasteiger partial charge in [-0.25, -0.2) is 0 Å². The monoisotopic (exact) mass is 213 g/mol. The molecule has 0 bridgehead atoms. The zero-order chi connectivity index (χ0) is 11.5. The largest absolute Gasteiger partial charge is 0.329 e. The number of nitrogens with zero attached hydrogens (tertiary/aromatic N) is 2. The van der Waals surface area contributed by atoms with Gasteiger partial charge in [0.05, 0.1) is 0 Å². The van der Waals surface area contributed by atoms with Gasteiger partial charge in [-0.1, -0.05) is 6.92 Å². The molecule has 1 heterocycles. The standard InChI is InChI=1S/C12H27N3/c1-5-12(3,10-13)15-8-6-7-14(4)9-11(15)2/h11H,5-10,13H2,1-4H3. The van der Waals surface area contributed by atoms with E-state index < -0.39 is 0 Å². The van der Waals surface area contributed by atoms with Crippen LogP contribution in [0.2, 0.25) is 0 Å². The molecular formula is C12H27N3. The Kier molecular flexibility index (Phi) is 4.56. The highest BCUT2D eigenvalue weighted by Gasteiger charge is 2.33. The van der Waals surface area contributed by atoms with Crippen molar-refractivity contribution in [2.24, 2.45) is 5.73 Å².